The van der Waals surface area contributed by atoms with Crippen LogP contribution < -0.4 is 10.2 Å². The minimum Gasteiger partial charge on any atom is -0.341 e. The Morgan fingerprint density at radius 2 is 2.05 bits per heavy atom. The highest BCUT2D eigenvalue weighted by Gasteiger charge is 2.27. The molecule has 0 aliphatic heterocycles. The molecule has 8 nitrogen and oxygen atoms in total. The van der Waals surface area contributed by atoms with Crippen LogP contribution in [0.1, 0.15) is 0 Å². The Hall–Kier alpha value is -1.23. The van der Waals surface area contributed by atoms with E-state index in [1.54, 1.807) is 0 Å². The summed E-state index contributed by atoms with van der Waals surface area (Å²) in [6.07, 6.45) is 0. The summed E-state index contributed by atoms with van der Waals surface area (Å²) in [5.74, 6) is 0. The summed E-state index contributed by atoms with van der Waals surface area (Å²) < 4.78 is 25.1. The predicted octanol–water partition coefficient (Wildman–Crippen LogP) is 0.687. The second kappa shape index (κ2) is 6.48. The van der Waals surface area contributed by atoms with Crippen LogP contribution in [0, 0.1) is 0 Å². The summed E-state index contributed by atoms with van der Waals surface area (Å²) in [5, 5.41) is 10.0. The van der Waals surface area contributed by atoms with Crippen molar-refractivity contribution in [1.29, 1.82) is 0 Å². The molecule has 1 aromatic heterocycles. The molecule has 0 spiro atoms. The second-order valence-corrected chi connectivity index (χ2v) is 7.45. The molecular weight excluding hydrogens is 326 g/mol. The van der Waals surface area contributed by atoms with E-state index in [-0.39, 0.29) is 21.0 Å². The molecule has 0 atom stereocenters. The number of urea groups is 1. The van der Waals surface area contributed by atoms with Gasteiger partial charge >= 0.3 is 6.03 Å². The zero-order chi connectivity index (χ0) is 15.5. The molecule has 0 saturated carbocycles. The molecule has 20 heavy (non-hydrogen) atoms. The predicted molar refractivity (Wildman–Crippen MR) is 77.6 cm³/mol. The van der Waals surface area contributed by atoms with Crippen molar-refractivity contribution < 1.29 is 13.2 Å². The maximum absolute atomic E-state index is 12.2. The lowest BCUT2D eigenvalue weighted by molar-refractivity contribution is 0.249. The molecular formula is C9H14ClN5O3S2. The van der Waals surface area contributed by atoms with Crippen molar-refractivity contribution in [3.8, 4) is 0 Å². The Kier molecular flexibility index (Phi) is 5.45. The lowest BCUT2D eigenvalue weighted by Crippen LogP contribution is -2.34. The molecule has 1 N–H and O–H groups in total. The Labute approximate surface area is 126 Å². The Morgan fingerprint density at radius 1 is 1.45 bits per heavy atom. The third-order valence-corrected chi connectivity index (χ3v) is 5.49. The number of sulfonamides is 1. The highest BCUT2D eigenvalue weighted by Crippen LogP contribution is 2.25. The molecule has 11 heteroatoms. The van der Waals surface area contributed by atoms with Gasteiger partial charge in [0, 0.05) is 32.7 Å². The molecule has 2 amide bonds. The largest absolute Gasteiger partial charge is 0.341 e. The number of aromatic nitrogens is 2. The van der Waals surface area contributed by atoms with Gasteiger partial charge in [0.1, 0.15) is 0 Å². The molecule has 0 radical (unpaired) electrons. The number of amides is 2. The SMILES string of the molecule is C=C(Cl)CN(C)S(=O)(=O)c1nnc(N(C)C(=O)NC)s1. The molecule has 0 bridgehead atoms. The monoisotopic (exact) mass is 339 g/mol. The summed E-state index contributed by atoms with van der Waals surface area (Å²) in [6, 6.07) is -0.424. The van der Waals surface area contributed by atoms with Gasteiger partial charge in [0.05, 0.1) is 0 Å². The first-order valence-corrected chi connectivity index (χ1v) is 7.92. The van der Waals surface area contributed by atoms with Gasteiger partial charge in [0.25, 0.3) is 10.0 Å². The van der Waals surface area contributed by atoms with Gasteiger partial charge in [0.2, 0.25) is 9.47 Å². The normalized spacial score (nSPS) is 11.4. The first-order valence-electron chi connectivity index (χ1n) is 5.28. The number of hydrogen-bond acceptors (Lipinski definition) is 6. The van der Waals surface area contributed by atoms with Crippen molar-refractivity contribution in [2.24, 2.45) is 0 Å². The van der Waals surface area contributed by atoms with Gasteiger partial charge in [-0.25, -0.2) is 13.2 Å². The maximum atomic E-state index is 12.2. The maximum Gasteiger partial charge on any atom is 0.323 e. The van der Waals surface area contributed by atoms with E-state index in [0.717, 1.165) is 20.5 Å². The van der Waals surface area contributed by atoms with Crippen LogP contribution in [0.3, 0.4) is 0 Å². The molecule has 0 aliphatic carbocycles. The van der Waals surface area contributed by atoms with Crippen molar-refractivity contribution in [2.75, 3.05) is 32.6 Å². The van der Waals surface area contributed by atoms with Crippen molar-refractivity contribution >= 4 is 44.1 Å². The summed E-state index contributed by atoms with van der Waals surface area (Å²) in [5.41, 5.74) is 0. The molecule has 0 fully saturated rings. The summed E-state index contributed by atoms with van der Waals surface area (Å²) in [4.78, 5) is 12.6. The van der Waals surface area contributed by atoms with E-state index in [1.165, 1.54) is 21.1 Å². The minimum absolute atomic E-state index is 0.0376. The molecule has 0 aliphatic rings. The molecule has 0 unspecified atom stereocenters. The summed E-state index contributed by atoms with van der Waals surface area (Å²) in [7, 11) is 0.463. The van der Waals surface area contributed by atoms with Gasteiger partial charge in [-0.3, -0.25) is 4.90 Å². The zero-order valence-electron chi connectivity index (χ0n) is 11.1. The molecule has 0 aromatic carbocycles. The van der Waals surface area contributed by atoms with E-state index in [1.807, 2.05) is 0 Å². The number of nitrogens with one attached hydrogen (secondary N) is 1. The van der Waals surface area contributed by atoms with Gasteiger partial charge in [-0.15, -0.1) is 10.2 Å². The Morgan fingerprint density at radius 3 is 2.55 bits per heavy atom. The topological polar surface area (TPSA) is 95.5 Å². The summed E-state index contributed by atoms with van der Waals surface area (Å²) >= 11 is 6.38. The fourth-order valence-electron chi connectivity index (χ4n) is 1.16. The van der Waals surface area contributed by atoms with Gasteiger partial charge in [0.15, 0.2) is 0 Å². The van der Waals surface area contributed by atoms with Crippen LogP contribution in [0.25, 0.3) is 0 Å². The number of carbonyl (C=O) groups excluding carboxylic acids is 1. The number of anilines is 1. The van der Waals surface area contributed by atoms with Crippen LogP contribution in [0.4, 0.5) is 9.93 Å². The quantitative estimate of drug-likeness (QED) is 0.796. The lowest BCUT2D eigenvalue weighted by Gasteiger charge is -2.14. The van der Waals surface area contributed by atoms with Crippen LogP contribution in [0.2, 0.25) is 0 Å². The van der Waals surface area contributed by atoms with Crippen LogP contribution >= 0.6 is 22.9 Å². The average molecular weight is 340 g/mol. The lowest BCUT2D eigenvalue weighted by atomic mass is 10.6. The van der Waals surface area contributed by atoms with Gasteiger partial charge in [-0.1, -0.05) is 29.5 Å². The van der Waals surface area contributed by atoms with Gasteiger partial charge in [-0.2, -0.15) is 4.31 Å². The molecule has 1 aromatic rings. The third-order valence-electron chi connectivity index (χ3n) is 2.23. The third kappa shape index (κ3) is 3.66. The Balaban J connectivity index is 3.02. The number of nitrogens with zero attached hydrogens (tertiary/aromatic N) is 4. The zero-order valence-corrected chi connectivity index (χ0v) is 13.5. The standard InChI is InChI=1S/C9H14ClN5O3S2/c1-6(10)5-14(3)20(17,18)9-13-12-8(19-9)15(4)7(16)11-2/h1,5H2,2-4H3,(H,11,16). The first-order chi connectivity index (χ1) is 9.20. The van der Waals surface area contributed by atoms with E-state index in [0.29, 0.717) is 0 Å². The van der Waals surface area contributed by atoms with Crippen LogP contribution in [-0.2, 0) is 10.0 Å². The number of rotatable bonds is 5. The van der Waals surface area contributed by atoms with E-state index < -0.39 is 16.1 Å². The molecule has 1 heterocycles. The van der Waals surface area contributed by atoms with Crippen molar-refractivity contribution in [1.82, 2.24) is 19.8 Å². The first kappa shape index (κ1) is 16.8. The van der Waals surface area contributed by atoms with E-state index in [4.69, 9.17) is 11.6 Å². The van der Waals surface area contributed by atoms with Crippen LogP contribution in [0.5, 0.6) is 0 Å². The van der Waals surface area contributed by atoms with Gasteiger partial charge in [-0.05, 0) is 0 Å². The van der Waals surface area contributed by atoms with E-state index in [2.05, 4.69) is 22.1 Å². The van der Waals surface area contributed by atoms with E-state index >= 15 is 0 Å². The van der Waals surface area contributed by atoms with Crippen molar-refractivity contribution in [2.45, 2.75) is 4.34 Å². The summed E-state index contributed by atoms with van der Waals surface area (Å²) in [6.45, 7) is 3.40. The van der Waals surface area contributed by atoms with Gasteiger partial charge < -0.3 is 5.32 Å². The fraction of sp³-hybridized carbons (Fsp3) is 0.444. The Bertz CT molecular complexity index is 615. The second-order valence-electron chi connectivity index (χ2n) is 3.74. The van der Waals surface area contributed by atoms with E-state index in [9.17, 15) is 13.2 Å². The smallest absolute Gasteiger partial charge is 0.323 e. The number of halogens is 1. The number of hydrogen-bond donors (Lipinski definition) is 1. The number of carbonyl (C=O) groups is 1. The van der Waals surface area contributed by atoms with Crippen molar-refractivity contribution in [3.63, 3.8) is 0 Å². The molecule has 0 saturated heterocycles. The van der Waals surface area contributed by atoms with Crippen LogP contribution in [0.15, 0.2) is 16.0 Å². The molecule has 1 rings (SSSR count). The minimum atomic E-state index is -3.80. The van der Waals surface area contributed by atoms with Crippen molar-refractivity contribution in [3.05, 3.63) is 11.6 Å². The highest BCUT2D eigenvalue weighted by molar-refractivity contribution is 7.91. The van der Waals surface area contributed by atoms with Crippen LogP contribution in [-0.4, -0.2) is 56.6 Å². The fourth-order valence-corrected chi connectivity index (χ4v) is 3.71. The average Bonchev–Trinajstić information content (AvgIpc) is 2.86. The highest BCUT2D eigenvalue weighted by atomic mass is 35.5. The molecule has 112 valence electrons. The number of likely N-dealkylation sites (N-methyl/N-ethyl adjacent to an activating group) is 1.